The monoisotopic (exact) mass is 498 g/mol. The number of hydrogen-bond donors (Lipinski definition) is 2. The van der Waals surface area contributed by atoms with E-state index in [0.717, 1.165) is 42.0 Å². The van der Waals surface area contributed by atoms with E-state index in [-0.39, 0.29) is 29.2 Å². The van der Waals surface area contributed by atoms with Crippen LogP contribution in [0.15, 0.2) is 65.1 Å². The number of likely N-dealkylation sites (tertiary alicyclic amines) is 1. The summed E-state index contributed by atoms with van der Waals surface area (Å²) < 4.78 is 5.67. The van der Waals surface area contributed by atoms with Crippen LogP contribution < -0.4 is 15.5 Å². The number of aryl methyl sites for hydroxylation is 1. The average Bonchev–Trinajstić information content (AvgIpc) is 3.19. The molecule has 4 amide bonds. The van der Waals surface area contributed by atoms with E-state index in [1.165, 1.54) is 0 Å². The van der Waals surface area contributed by atoms with E-state index in [9.17, 15) is 14.4 Å². The fraction of sp³-hybridized carbons (Fsp3) is 0.345. The van der Waals surface area contributed by atoms with Crippen LogP contribution >= 0.6 is 0 Å². The van der Waals surface area contributed by atoms with Crippen molar-refractivity contribution in [2.24, 2.45) is 11.3 Å². The van der Waals surface area contributed by atoms with Crippen LogP contribution in [0.1, 0.15) is 35.4 Å². The molecule has 3 heterocycles. The molecular formula is C29H30N4O4. The fourth-order valence-electron chi connectivity index (χ4n) is 5.67. The third-order valence-corrected chi connectivity index (χ3v) is 7.99. The molecule has 8 nitrogen and oxygen atoms in total. The van der Waals surface area contributed by atoms with Gasteiger partial charge < -0.3 is 20.0 Å². The number of anilines is 2. The van der Waals surface area contributed by atoms with Crippen molar-refractivity contribution in [1.82, 2.24) is 10.2 Å². The lowest BCUT2D eigenvalue weighted by Crippen LogP contribution is -2.40. The van der Waals surface area contributed by atoms with Crippen molar-refractivity contribution >= 4 is 29.2 Å². The van der Waals surface area contributed by atoms with Crippen molar-refractivity contribution in [2.75, 3.05) is 36.4 Å². The zero-order valence-electron chi connectivity index (χ0n) is 20.8. The Morgan fingerprint density at radius 1 is 1.03 bits per heavy atom. The smallest absolute Gasteiger partial charge is 0.321 e. The molecule has 1 unspecified atom stereocenters. The first-order valence-electron chi connectivity index (χ1n) is 12.8. The van der Waals surface area contributed by atoms with Crippen molar-refractivity contribution in [3.05, 3.63) is 72.0 Å². The van der Waals surface area contributed by atoms with Crippen LogP contribution in [-0.4, -0.2) is 48.9 Å². The van der Waals surface area contributed by atoms with Crippen LogP contribution in [0.2, 0.25) is 0 Å². The Morgan fingerprint density at radius 2 is 1.81 bits per heavy atom. The topological polar surface area (TPSA) is 94.9 Å². The Hall–Kier alpha value is -4.07. The highest BCUT2D eigenvalue weighted by atomic mass is 16.3. The van der Waals surface area contributed by atoms with E-state index < -0.39 is 0 Å². The summed E-state index contributed by atoms with van der Waals surface area (Å²) in [4.78, 5) is 41.7. The van der Waals surface area contributed by atoms with Crippen molar-refractivity contribution in [1.29, 1.82) is 0 Å². The van der Waals surface area contributed by atoms with Gasteiger partial charge in [-0.05, 0) is 74.1 Å². The molecule has 0 bridgehead atoms. The van der Waals surface area contributed by atoms with Crippen molar-refractivity contribution in [3.8, 4) is 11.3 Å². The minimum Gasteiger partial charge on any atom is -0.461 e. The van der Waals surface area contributed by atoms with Crippen LogP contribution in [-0.2, 0) is 4.79 Å². The molecule has 1 saturated carbocycles. The number of benzene rings is 2. The fourth-order valence-corrected chi connectivity index (χ4v) is 5.67. The number of urea groups is 1. The minimum absolute atomic E-state index is 0.0195. The van der Waals surface area contributed by atoms with Gasteiger partial charge in [-0.1, -0.05) is 18.2 Å². The van der Waals surface area contributed by atoms with Crippen molar-refractivity contribution < 1.29 is 18.8 Å². The number of carbonyl (C=O) groups excluding carboxylic acids is 3. The van der Waals surface area contributed by atoms with Crippen LogP contribution in [0.3, 0.4) is 0 Å². The molecule has 1 atom stereocenters. The predicted molar refractivity (Wildman–Crippen MR) is 140 cm³/mol. The maximum atomic E-state index is 13.1. The number of piperidine rings is 1. The molecule has 2 aliphatic heterocycles. The summed E-state index contributed by atoms with van der Waals surface area (Å²) in [5, 5.41) is 5.84. The van der Waals surface area contributed by atoms with Crippen LogP contribution in [0.25, 0.3) is 11.3 Å². The number of carbonyl (C=O) groups is 3. The Balaban J connectivity index is 1.04. The lowest BCUT2D eigenvalue weighted by atomic mass is 9.90. The van der Waals surface area contributed by atoms with Gasteiger partial charge in [-0.2, -0.15) is 0 Å². The molecule has 0 radical (unpaired) electrons. The van der Waals surface area contributed by atoms with Gasteiger partial charge in [0.1, 0.15) is 11.5 Å². The minimum atomic E-state index is -0.116. The third-order valence-electron chi connectivity index (χ3n) is 7.99. The number of hydrogen-bond acceptors (Lipinski definition) is 4. The van der Waals surface area contributed by atoms with Gasteiger partial charge in [-0.15, -0.1) is 0 Å². The Bertz CT molecular complexity index is 1350. The van der Waals surface area contributed by atoms with E-state index in [4.69, 9.17) is 4.42 Å². The van der Waals surface area contributed by atoms with Gasteiger partial charge in [-0.3, -0.25) is 14.5 Å². The molecule has 2 saturated heterocycles. The Morgan fingerprint density at radius 3 is 2.49 bits per heavy atom. The summed E-state index contributed by atoms with van der Waals surface area (Å²) in [7, 11) is 0. The Labute approximate surface area is 215 Å². The molecule has 2 N–H and O–H groups in total. The molecule has 3 aromatic rings. The summed E-state index contributed by atoms with van der Waals surface area (Å²) >= 11 is 0. The number of rotatable bonds is 5. The molecular weight excluding hydrogens is 468 g/mol. The number of amides is 4. The van der Waals surface area contributed by atoms with Gasteiger partial charge in [0, 0.05) is 54.6 Å². The van der Waals surface area contributed by atoms with Crippen LogP contribution in [0, 0.1) is 18.3 Å². The number of nitrogens with zero attached hydrogens (tertiary/aromatic N) is 2. The van der Waals surface area contributed by atoms with Gasteiger partial charge >= 0.3 is 6.03 Å². The van der Waals surface area contributed by atoms with Crippen LogP contribution in [0.4, 0.5) is 16.2 Å². The predicted octanol–water partition coefficient (Wildman–Crippen LogP) is 4.67. The van der Waals surface area contributed by atoms with Gasteiger partial charge in [0.05, 0.1) is 0 Å². The first-order valence-corrected chi connectivity index (χ1v) is 12.8. The van der Waals surface area contributed by atoms with Gasteiger partial charge in [0.25, 0.3) is 5.91 Å². The summed E-state index contributed by atoms with van der Waals surface area (Å²) in [6, 6.07) is 18.7. The second kappa shape index (κ2) is 9.10. The largest absolute Gasteiger partial charge is 0.461 e. The number of furan rings is 1. The second-order valence-corrected chi connectivity index (χ2v) is 10.3. The highest BCUT2D eigenvalue weighted by Crippen LogP contribution is 2.59. The lowest BCUT2D eigenvalue weighted by molar-refractivity contribution is -0.118. The maximum absolute atomic E-state index is 13.1. The first kappa shape index (κ1) is 23.3. The van der Waals surface area contributed by atoms with E-state index in [0.29, 0.717) is 37.4 Å². The van der Waals surface area contributed by atoms with Gasteiger partial charge in [0.2, 0.25) is 5.91 Å². The van der Waals surface area contributed by atoms with E-state index in [1.807, 2.05) is 72.5 Å². The normalized spacial score (nSPS) is 20.1. The molecule has 3 aliphatic rings. The molecule has 37 heavy (non-hydrogen) atoms. The lowest BCUT2D eigenvalue weighted by Gasteiger charge is -2.33. The Kier molecular flexibility index (Phi) is 5.74. The van der Waals surface area contributed by atoms with E-state index in [1.54, 1.807) is 4.90 Å². The van der Waals surface area contributed by atoms with Gasteiger partial charge in [0.15, 0.2) is 0 Å². The quantitative estimate of drug-likeness (QED) is 0.535. The molecule has 2 aromatic carbocycles. The molecule has 1 aliphatic carbocycles. The van der Waals surface area contributed by atoms with Crippen LogP contribution in [0.5, 0.6) is 0 Å². The highest BCUT2D eigenvalue weighted by Gasteiger charge is 2.58. The SMILES string of the molecule is Cc1ccc(-c2ccc(C(=O)N3CCC4(CC3)CC4C(=O)Nc3cccc(N4CCNC4=O)c3)cc2)o1. The third kappa shape index (κ3) is 4.48. The maximum Gasteiger partial charge on any atom is 0.321 e. The van der Waals surface area contributed by atoms with Gasteiger partial charge in [-0.25, -0.2) is 4.79 Å². The molecule has 1 spiro atoms. The molecule has 190 valence electrons. The molecule has 8 heteroatoms. The van der Waals surface area contributed by atoms with E-state index >= 15 is 0 Å². The zero-order chi connectivity index (χ0) is 25.6. The van der Waals surface area contributed by atoms with Crippen molar-refractivity contribution in [3.63, 3.8) is 0 Å². The van der Waals surface area contributed by atoms with E-state index in [2.05, 4.69) is 10.6 Å². The highest BCUT2D eigenvalue weighted by molar-refractivity contribution is 5.98. The summed E-state index contributed by atoms with van der Waals surface area (Å²) in [5.41, 5.74) is 3.07. The molecule has 1 aromatic heterocycles. The molecule has 3 fully saturated rings. The number of nitrogens with one attached hydrogen (secondary N) is 2. The summed E-state index contributed by atoms with van der Waals surface area (Å²) in [5.74, 6) is 1.66. The summed E-state index contributed by atoms with van der Waals surface area (Å²) in [6.45, 7) is 4.45. The second-order valence-electron chi connectivity index (χ2n) is 10.3. The summed E-state index contributed by atoms with van der Waals surface area (Å²) in [6.07, 6.45) is 2.51. The van der Waals surface area contributed by atoms with Crippen molar-refractivity contribution in [2.45, 2.75) is 26.2 Å². The zero-order valence-corrected chi connectivity index (χ0v) is 20.8. The standard InChI is InChI=1S/C29H30N4O4/c1-19-5-10-25(37-19)20-6-8-21(9-7-20)27(35)32-14-11-29(12-15-32)18-24(29)26(34)31-22-3-2-4-23(17-22)33-16-13-30-28(33)36/h2-10,17,24H,11-16,18H2,1H3,(H,30,36)(H,31,34). The first-order chi connectivity index (χ1) is 17.9. The molecule has 6 rings (SSSR count). The average molecular weight is 499 g/mol.